The lowest BCUT2D eigenvalue weighted by molar-refractivity contribution is -0.604. The molecule has 0 saturated heterocycles. The van der Waals surface area contributed by atoms with Gasteiger partial charge in [0.1, 0.15) is 18.9 Å². The average Bonchev–Trinajstić information content (AvgIpc) is 2.73. The predicted molar refractivity (Wildman–Crippen MR) is 62.3 cm³/mol. The van der Waals surface area contributed by atoms with Gasteiger partial charge in [-0.2, -0.15) is 0 Å². The molecule has 16 heavy (non-hydrogen) atoms. The number of nitrogens with zero attached hydrogens (tertiary/aromatic N) is 3. The van der Waals surface area contributed by atoms with Gasteiger partial charge in [0.05, 0.1) is 5.71 Å². The molecule has 0 aliphatic heterocycles. The van der Waals surface area contributed by atoms with Crippen LogP contribution in [0.1, 0.15) is 5.56 Å². The van der Waals surface area contributed by atoms with Crippen molar-refractivity contribution in [3.63, 3.8) is 0 Å². The Balaban J connectivity index is 2.20. The molecule has 0 spiro atoms. The summed E-state index contributed by atoms with van der Waals surface area (Å²) in [6.07, 6.45) is 4.70. The molecule has 0 N–H and O–H groups in total. The second kappa shape index (κ2) is 4.61. The van der Waals surface area contributed by atoms with Crippen LogP contribution in [-0.2, 0) is 6.54 Å². The molecule has 1 heterocycles. The van der Waals surface area contributed by atoms with Crippen molar-refractivity contribution in [2.45, 2.75) is 6.54 Å². The summed E-state index contributed by atoms with van der Waals surface area (Å²) in [6, 6.07) is 9.94. The van der Waals surface area contributed by atoms with Gasteiger partial charge in [-0.05, 0) is 5.56 Å². The number of hydrogen-bond donors (Lipinski definition) is 0. The van der Waals surface area contributed by atoms with E-state index in [1.807, 2.05) is 34.9 Å². The van der Waals surface area contributed by atoms with Crippen LogP contribution in [0, 0.1) is 5.21 Å². The van der Waals surface area contributed by atoms with Gasteiger partial charge in [-0.15, -0.1) is 0 Å². The SMILES string of the molecule is CN=C(Cn1cc[n+]([O-])c1)c1ccccc1. The third kappa shape index (κ3) is 2.28. The Morgan fingerprint density at radius 1 is 1.38 bits per heavy atom. The minimum absolute atomic E-state index is 0.607. The van der Waals surface area contributed by atoms with Crippen LogP contribution in [0.2, 0.25) is 0 Å². The standard InChI is InChI=1S/C12H13N3O/c1-13-12(11-5-3-2-4-6-11)9-14-7-8-15(16)10-14/h2-8,10H,9H2,1H3. The van der Waals surface area contributed by atoms with Crippen molar-refractivity contribution in [1.82, 2.24) is 4.57 Å². The van der Waals surface area contributed by atoms with Crippen molar-refractivity contribution in [1.29, 1.82) is 0 Å². The van der Waals surface area contributed by atoms with Crippen LogP contribution in [0.4, 0.5) is 0 Å². The van der Waals surface area contributed by atoms with E-state index in [-0.39, 0.29) is 0 Å². The Hall–Kier alpha value is -2.10. The molecule has 0 saturated carbocycles. The zero-order valence-electron chi connectivity index (χ0n) is 9.08. The summed E-state index contributed by atoms with van der Waals surface area (Å²) >= 11 is 0. The average molecular weight is 215 g/mol. The van der Waals surface area contributed by atoms with E-state index < -0.39 is 0 Å². The lowest BCUT2D eigenvalue weighted by atomic mass is 10.1. The summed E-state index contributed by atoms with van der Waals surface area (Å²) in [4.78, 5) is 4.25. The Labute approximate surface area is 94.1 Å². The van der Waals surface area contributed by atoms with Gasteiger partial charge in [-0.3, -0.25) is 4.99 Å². The first-order valence-corrected chi connectivity index (χ1v) is 5.05. The highest BCUT2D eigenvalue weighted by atomic mass is 16.5. The third-order valence-electron chi connectivity index (χ3n) is 2.38. The molecule has 2 aromatic rings. The number of aromatic nitrogens is 2. The fourth-order valence-electron chi connectivity index (χ4n) is 1.56. The molecule has 0 radical (unpaired) electrons. The Kier molecular flexibility index (Phi) is 3.00. The van der Waals surface area contributed by atoms with E-state index in [1.54, 1.807) is 13.2 Å². The summed E-state index contributed by atoms with van der Waals surface area (Å²) < 4.78 is 2.58. The van der Waals surface area contributed by atoms with Crippen molar-refractivity contribution in [2.24, 2.45) is 4.99 Å². The van der Waals surface area contributed by atoms with Gasteiger partial charge in [0.2, 0.25) is 6.33 Å². The van der Waals surface area contributed by atoms with Gasteiger partial charge in [-0.25, -0.2) is 9.30 Å². The van der Waals surface area contributed by atoms with Crippen molar-refractivity contribution in [3.8, 4) is 0 Å². The molecule has 0 bridgehead atoms. The van der Waals surface area contributed by atoms with Gasteiger partial charge in [0.25, 0.3) is 0 Å². The molecule has 82 valence electrons. The van der Waals surface area contributed by atoms with E-state index in [2.05, 4.69) is 4.99 Å². The molecule has 1 aromatic heterocycles. The molecule has 0 fully saturated rings. The Morgan fingerprint density at radius 3 is 2.69 bits per heavy atom. The molecular weight excluding hydrogens is 202 g/mol. The van der Waals surface area contributed by atoms with Crippen LogP contribution in [-0.4, -0.2) is 17.3 Å². The Bertz CT molecular complexity index is 488. The molecule has 0 aliphatic rings. The van der Waals surface area contributed by atoms with Crippen LogP contribution >= 0.6 is 0 Å². The lowest BCUT2D eigenvalue weighted by Crippen LogP contribution is -2.22. The fourth-order valence-corrected chi connectivity index (χ4v) is 1.56. The summed E-state index contributed by atoms with van der Waals surface area (Å²) in [5, 5.41) is 11.0. The van der Waals surface area contributed by atoms with Crippen molar-refractivity contribution >= 4 is 5.71 Å². The van der Waals surface area contributed by atoms with Gasteiger partial charge in [0, 0.05) is 7.05 Å². The van der Waals surface area contributed by atoms with E-state index in [9.17, 15) is 5.21 Å². The quantitative estimate of drug-likeness (QED) is 0.431. The van der Waals surface area contributed by atoms with Crippen LogP contribution in [0.5, 0.6) is 0 Å². The second-order valence-electron chi connectivity index (χ2n) is 3.48. The molecular formula is C12H13N3O. The molecule has 1 aromatic carbocycles. The second-order valence-corrected chi connectivity index (χ2v) is 3.48. The minimum Gasteiger partial charge on any atom is -0.711 e. The topological polar surface area (TPSA) is 44.2 Å². The van der Waals surface area contributed by atoms with Crippen molar-refractivity contribution in [2.75, 3.05) is 7.05 Å². The van der Waals surface area contributed by atoms with Crippen LogP contribution in [0.3, 0.4) is 0 Å². The van der Waals surface area contributed by atoms with Crippen LogP contribution in [0.25, 0.3) is 0 Å². The maximum atomic E-state index is 11.0. The predicted octanol–water partition coefficient (Wildman–Crippen LogP) is 1.24. The molecule has 4 nitrogen and oxygen atoms in total. The van der Waals surface area contributed by atoms with E-state index >= 15 is 0 Å². The number of aliphatic imine (C=N–C) groups is 1. The summed E-state index contributed by atoms with van der Waals surface area (Å²) in [5.74, 6) is 0. The first-order valence-electron chi connectivity index (χ1n) is 5.05. The zero-order chi connectivity index (χ0) is 11.4. The van der Waals surface area contributed by atoms with Crippen LogP contribution in [0.15, 0.2) is 54.0 Å². The monoisotopic (exact) mass is 215 g/mol. The first-order chi connectivity index (χ1) is 7.79. The molecule has 4 heteroatoms. The fraction of sp³-hybridized carbons (Fsp3) is 0.167. The van der Waals surface area contributed by atoms with E-state index in [4.69, 9.17) is 0 Å². The first kappa shape index (κ1) is 10.4. The molecule has 0 amide bonds. The lowest BCUT2D eigenvalue weighted by Gasteiger charge is -2.03. The van der Waals surface area contributed by atoms with Gasteiger partial charge >= 0.3 is 0 Å². The van der Waals surface area contributed by atoms with Crippen LogP contribution < -0.4 is 4.73 Å². The maximum Gasteiger partial charge on any atom is 0.247 e. The van der Waals surface area contributed by atoms with Crippen molar-refractivity contribution < 1.29 is 4.73 Å². The summed E-state index contributed by atoms with van der Waals surface area (Å²) in [7, 11) is 1.76. The maximum absolute atomic E-state index is 11.0. The number of hydrogen-bond acceptors (Lipinski definition) is 2. The van der Waals surface area contributed by atoms with Crippen molar-refractivity contribution in [3.05, 3.63) is 59.8 Å². The zero-order valence-corrected chi connectivity index (χ0v) is 9.08. The number of imidazole rings is 1. The van der Waals surface area contributed by atoms with Gasteiger partial charge < -0.3 is 5.21 Å². The van der Waals surface area contributed by atoms with Gasteiger partial charge in [-0.1, -0.05) is 30.3 Å². The molecule has 0 aliphatic carbocycles. The van der Waals surface area contributed by atoms with Gasteiger partial charge in [0.15, 0.2) is 0 Å². The third-order valence-corrected chi connectivity index (χ3v) is 2.38. The normalized spacial score (nSPS) is 11.7. The van der Waals surface area contributed by atoms with E-state index in [1.165, 1.54) is 12.5 Å². The molecule has 2 rings (SSSR count). The largest absolute Gasteiger partial charge is 0.711 e. The van der Waals surface area contributed by atoms with E-state index in [0.717, 1.165) is 16.0 Å². The summed E-state index contributed by atoms with van der Waals surface area (Å²) in [6.45, 7) is 0.607. The molecule has 0 unspecified atom stereocenters. The summed E-state index contributed by atoms with van der Waals surface area (Å²) in [5.41, 5.74) is 2.04. The highest BCUT2D eigenvalue weighted by Crippen LogP contribution is 2.03. The smallest absolute Gasteiger partial charge is 0.247 e. The Morgan fingerprint density at radius 2 is 2.12 bits per heavy atom. The minimum atomic E-state index is 0.607. The highest BCUT2D eigenvalue weighted by molar-refractivity contribution is 6.00. The van der Waals surface area contributed by atoms with E-state index in [0.29, 0.717) is 6.54 Å². The molecule has 0 atom stereocenters. The number of benzene rings is 1. The highest BCUT2D eigenvalue weighted by Gasteiger charge is 2.06. The number of rotatable bonds is 3.